The summed E-state index contributed by atoms with van der Waals surface area (Å²) in [5, 5.41) is 9.38. The number of aromatic nitrogens is 3. The van der Waals surface area contributed by atoms with Gasteiger partial charge in [0.1, 0.15) is 19.0 Å². The molecule has 1 saturated heterocycles. The van der Waals surface area contributed by atoms with Crippen molar-refractivity contribution in [1.29, 1.82) is 0 Å². The van der Waals surface area contributed by atoms with Crippen LogP contribution in [0.4, 0.5) is 10.7 Å². The summed E-state index contributed by atoms with van der Waals surface area (Å²) in [4.78, 5) is 16.3. The van der Waals surface area contributed by atoms with Crippen molar-refractivity contribution in [3.05, 3.63) is 71.0 Å². The molecule has 32 heavy (non-hydrogen) atoms. The zero-order valence-corrected chi connectivity index (χ0v) is 18.7. The van der Waals surface area contributed by atoms with Crippen LogP contribution in [0.2, 0.25) is 5.02 Å². The molecular formula is C23H26ClN5O3. The maximum Gasteiger partial charge on any atom is 0.410 e. The number of ether oxygens (including phenoxy) is 2. The van der Waals surface area contributed by atoms with Crippen molar-refractivity contribution in [1.82, 2.24) is 19.7 Å². The van der Waals surface area contributed by atoms with E-state index in [1.807, 2.05) is 47.0 Å². The largest absolute Gasteiger partial charge is 0.486 e. The number of piperazine rings is 1. The Morgan fingerprint density at radius 1 is 0.969 bits per heavy atom. The molecule has 0 radical (unpaired) electrons. The van der Waals surface area contributed by atoms with Gasteiger partial charge in [-0.25, -0.2) is 4.79 Å². The minimum absolute atomic E-state index is 0.279. The Labute approximate surface area is 192 Å². The van der Waals surface area contributed by atoms with Gasteiger partial charge in [0.15, 0.2) is 5.82 Å². The third-order valence-electron chi connectivity index (χ3n) is 5.33. The summed E-state index contributed by atoms with van der Waals surface area (Å²) in [5.41, 5.74) is 0.976. The Hall–Kier alpha value is -3.26. The van der Waals surface area contributed by atoms with Crippen LogP contribution in [0.15, 0.2) is 54.6 Å². The topological polar surface area (TPSA) is 72.7 Å². The molecule has 1 aromatic heterocycles. The molecule has 0 spiro atoms. The molecule has 1 fully saturated rings. The highest BCUT2D eigenvalue weighted by molar-refractivity contribution is 6.30. The highest BCUT2D eigenvalue weighted by Gasteiger charge is 2.26. The molecule has 0 unspecified atom stereocenters. The molecule has 8 nitrogen and oxygen atoms in total. The first-order valence-electron chi connectivity index (χ1n) is 10.6. The van der Waals surface area contributed by atoms with Crippen LogP contribution in [0.1, 0.15) is 18.3 Å². The van der Waals surface area contributed by atoms with Crippen LogP contribution in [0, 0.1) is 0 Å². The second-order valence-electron chi connectivity index (χ2n) is 7.42. The van der Waals surface area contributed by atoms with Crippen LogP contribution in [-0.2, 0) is 24.5 Å². The van der Waals surface area contributed by atoms with Gasteiger partial charge in [-0.05, 0) is 36.8 Å². The molecule has 4 rings (SSSR count). The van der Waals surface area contributed by atoms with E-state index >= 15 is 0 Å². The maximum absolute atomic E-state index is 12.4. The summed E-state index contributed by atoms with van der Waals surface area (Å²) in [7, 11) is 0. The molecule has 2 aromatic carbocycles. The van der Waals surface area contributed by atoms with Crippen molar-refractivity contribution in [3.8, 4) is 5.75 Å². The van der Waals surface area contributed by atoms with E-state index in [0.717, 1.165) is 29.6 Å². The highest BCUT2D eigenvalue weighted by Crippen LogP contribution is 2.20. The van der Waals surface area contributed by atoms with Crippen molar-refractivity contribution >= 4 is 23.6 Å². The first-order valence-corrected chi connectivity index (χ1v) is 11.0. The van der Waals surface area contributed by atoms with Gasteiger partial charge in [-0.3, -0.25) is 4.57 Å². The molecule has 3 aromatic rings. The minimum Gasteiger partial charge on any atom is -0.486 e. The first-order chi connectivity index (χ1) is 15.6. The van der Waals surface area contributed by atoms with Gasteiger partial charge < -0.3 is 19.3 Å². The van der Waals surface area contributed by atoms with Gasteiger partial charge in [0.05, 0.1) is 0 Å². The van der Waals surface area contributed by atoms with Crippen LogP contribution >= 0.6 is 11.6 Å². The molecule has 0 bridgehead atoms. The molecular weight excluding hydrogens is 430 g/mol. The van der Waals surface area contributed by atoms with Crippen LogP contribution < -0.4 is 9.64 Å². The van der Waals surface area contributed by atoms with Crippen molar-refractivity contribution < 1.29 is 14.3 Å². The molecule has 0 aliphatic carbocycles. The summed E-state index contributed by atoms with van der Waals surface area (Å²) in [6.07, 6.45) is -0.289. The number of carbonyl (C=O) groups is 1. The average molecular weight is 456 g/mol. The second kappa shape index (κ2) is 10.4. The van der Waals surface area contributed by atoms with Crippen LogP contribution in [0.3, 0.4) is 0 Å². The smallest absolute Gasteiger partial charge is 0.410 e. The Kier molecular flexibility index (Phi) is 7.11. The fourth-order valence-corrected chi connectivity index (χ4v) is 3.69. The lowest BCUT2D eigenvalue weighted by Gasteiger charge is -2.34. The van der Waals surface area contributed by atoms with E-state index in [9.17, 15) is 4.79 Å². The quantitative estimate of drug-likeness (QED) is 0.536. The second-order valence-corrected chi connectivity index (χ2v) is 7.85. The van der Waals surface area contributed by atoms with Gasteiger partial charge in [0.2, 0.25) is 5.95 Å². The van der Waals surface area contributed by atoms with Crippen molar-refractivity contribution in [2.24, 2.45) is 0 Å². The molecule has 0 saturated carbocycles. The summed E-state index contributed by atoms with van der Waals surface area (Å²) in [6, 6.07) is 16.9. The molecule has 0 atom stereocenters. The van der Waals surface area contributed by atoms with Crippen LogP contribution in [-0.4, -0.2) is 51.9 Å². The number of halogens is 1. The maximum atomic E-state index is 12.4. The van der Waals surface area contributed by atoms with E-state index < -0.39 is 0 Å². The molecule has 2 heterocycles. The van der Waals surface area contributed by atoms with Gasteiger partial charge in [-0.2, -0.15) is 0 Å². The standard InChI is InChI=1S/C23H26ClN5O3/c1-2-29-21(17-31-20-10-8-19(24)9-11-20)25-26-22(29)27-12-14-28(15-13-27)23(30)32-16-18-6-4-3-5-7-18/h3-11H,2,12-17H2,1H3. The summed E-state index contributed by atoms with van der Waals surface area (Å²) in [6.45, 7) is 5.83. The highest BCUT2D eigenvalue weighted by atomic mass is 35.5. The lowest BCUT2D eigenvalue weighted by Crippen LogP contribution is -2.49. The van der Waals surface area contributed by atoms with Gasteiger partial charge in [0, 0.05) is 37.7 Å². The Morgan fingerprint density at radius 3 is 2.38 bits per heavy atom. The fourth-order valence-electron chi connectivity index (χ4n) is 3.57. The summed E-state index contributed by atoms with van der Waals surface area (Å²) < 4.78 is 13.3. The first kappa shape index (κ1) is 22.0. The zero-order chi connectivity index (χ0) is 22.3. The number of rotatable bonds is 7. The third kappa shape index (κ3) is 5.31. The Morgan fingerprint density at radius 2 is 1.69 bits per heavy atom. The lowest BCUT2D eigenvalue weighted by molar-refractivity contribution is 0.0940. The Bertz CT molecular complexity index is 1020. The van der Waals surface area contributed by atoms with Crippen molar-refractivity contribution in [2.45, 2.75) is 26.7 Å². The minimum atomic E-state index is -0.289. The van der Waals surface area contributed by atoms with Crippen molar-refractivity contribution in [2.75, 3.05) is 31.1 Å². The van der Waals surface area contributed by atoms with E-state index in [1.165, 1.54) is 0 Å². The number of nitrogens with zero attached hydrogens (tertiary/aromatic N) is 5. The predicted octanol–water partition coefficient (Wildman–Crippen LogP) is 3.99. The number of benzene rings is 2. The van der Waals surface area contributed by atoms with E-state index in [0.29, 0.717) is 37.8 Å². The average Bonchev–Trinajstić information content (AvgIpc) is 3.26. The Balaban J connectivity index is 1.31. The van der Waals surface area contributed by atoms with Gasteiger partial charge in [-0.15, -0.1) is 10.2 Å². The van der Waals surface area contributed by atoms with E-state index in [2.05, 4.69) is 22.0 Å². The molecule has 1 aliphatic rings. The van der Waals surface area contributed by atoms with Crippen molar-refractivity contribution in [3.63, 3.8) is 0 Å². The zero-order valence-electron chi connectivity index (χ0n) is 18.0. The number of carbonyl (C=O) groups excluding carboxylic acids is 1. The monoisotopic (exact) mass is 455 g/mol. The normalized spacial score (nSPS) is 13.8. The molecule has 1 aliphatic heterocycles. The van der Waals surface area contributed by atoms with Crippen LogP contribution in [0.25, 0.3) is 0 Å². The summed E-state index contributed by atoms with van der Waals surface area (Å²) in [5.74, 6) is 2.27. The van der Waals surface area contributed by atoms with Gasteiger partial charge in [-0.1, -0.05) is 41.9 Å². The number of anilines is 1. The third-order valence-corrected chi connectivity index (χ3v) is 5.58. The van der Waals surface area contributed by atoms with E-state index in [1.54, 1.807) is 17.0 Å². The predicted molar refractivity (Wildman–Crippen MR) is 122 cm³/mol. The molecule has 9 heteroatoms. The van der Waals surface area contributed by atoms with E-state index in [-0.39, 0.29) is 12.7 Å². The lowest BCUT2D eigenvalue weighted by atomic mass is 10.2. The van der Waals surface area contributed by atoms with Gasteiger partial charge in [0.25, 0.3) is 0 Å². The number of hydrogen-bond acceptors (Lipinski definition) is 6. The van der Waals surface area contributed by atoms with E-state index in [4.69, 9.17) is 21.1 Å². The summed E-state index contributed by atoms with van der Waals surface area (Å²) >= 11 is 5.92. The van der Waals surface area contributed by atoms with Crippen LogP contribution in [0.5, 0.6) is 5.75 Å². The van der Waals surface area contributed by atoms with Gasteiger partial charge >= 0.3 is 6.09 Å². The molecule has 1 amide bonds. The molecule has 0 N–H and O–H groups in total. The fraction of sp³-hybridized carbons (Fsp3) is 0.348. The number of amides is 1. The molecule has 168 valence electrons. The SMILES string of the molecule is CCn1c(COc2ccc(Cl)cc2)nnc1N1CCN(C(=O)OCc2ccccc2)CC1. The number of hydrogen-bond donors (Lipinski definition) is 0.